The van der Waals surface area contributed by atoms with Gasteiger partial charge < -0.3 is 10.6 Å². The van der Waals surface area contributed by atoms with E-state index in [1.54, 1.807) is 0 Å². The first-order valence-corrected chi connectivity index (χ1v) is 8.15. The Bertz CT molecular complexity index is 363. The van der Waals surface area contributed by atoms with E-state index in [-0.39, 0.29) is 18.4 Å². The fraction of sp³-hybridized carbons (Fsp3) is 0.938. The van der Waals surface area contributed by atoms with Gasteiger partial charge in [0.15, 0.2) is 0 Å². The monoisotopic (exact) mass is 298 g/mol. The maximum absolute atomic E-state index is 12.5. The Hall–Kier alpha value is -0.280. The number of rotatable bonds is 2. The van der Waals surface area contributed by atoms with Gasteiger partial charge in [0.1, 0.15) is 0 Å². The first-order valence-electron chi connectivity index (χ1n) is 8.15. The minimum Gasteiger partial charge on any atom is -0.341 e. The number of carbonyl (C=O) groups excluding carboxylic acids is 1. The summed E-state index contributed by atoms with van der Waals surface area (Å²) in [4.78, 5) is 14.6. The Morgan fingerprint density at radius 2 is 1.65 bits per heavy atom. The zero-order valence-electron chi connectivity index (χ0n) is 12.2. The van der Waals surface area contributed by atoms with Crippen molar-refractivity contribution in [3.63, 3.8) is 0 Å². The molecular weight excluding hydrogens is 272 g/mol. The SMILES string of the molecule is Cl.NC1CCN(C(=O)CC23CC4CC(CC(C4)C2)C3)C1. The van der Waals surface area contributed by atoms with E-state index < -0.39 is 0 Å². The van der Waals surface area contributed by atoms with E-state index in [9.17, 15) is 4.79 Å². The molecule has 4 aliphatic carbocycles. The fourth-order valence-electron chi connectivity index (χ4n) is 5.95. The molecule has 114 valence electrons. The zero-order chi connectivity index (χ0) is 13.0. The van der Waals surface area contributed by atoms with Gasteiger partial charge in [-0.2, -0.15) is 0 Å². The zero-order valence-corrected chi connectivity index (χ0v) is 13.0. The molecule has 1 aliphatic heterocycles. The third-order valence-corrected chi connectivity index (χ3v) is 6.27. The summed E-state index contributed by atoms with van der Waals surface area (Å²) < 4.78 is 0. The Balaban J connectivity index is 0.00000121. The van der Waals surface area contributed by atoms with Crippen molar-refractivity contribution in [2.75, 3.05) is 13.1 Å². The molecule has 1 saturated heterocycles. The molecule has 1 unspecified atom stereocenters. The predicted molar refractivity (Wildman–Crippen MR) is 81.6 cm³/mol. The summed E-state index contributed by atoms with van der Waals surface area (Å²) >= 11 is 0. The van der Waals surface area contributed by atoms with Crippen LogP contribution in [0, 0.1) is 23.2 Å². The molecule has 4 bridgehead atoms. The van der Waals surface area contributed by atoms with Gasteiger partial charge >= 0.3 is 0 Å². The minimum atomic E-state index is 0. The molecule has 0 aromatic heterocycles. The second-order valence-corrected chi connectivity index (χ2v) is 7.98. The summed E-state index contributed by atoms with van der Waals surface area (Å²) in [7, 11) is 0. The summed E-state index contributed by atoms with van der Waals surface area (Å²) in [5.74, 6) is 3.23. The Kier molecular flexibility index (Phi) is 3.79. The molecule has 0 aromatic rings. The molecule has 4 saturated carbocycles. The normalized spacial score (nSPS) is 45.5. The van der Waals surface area contributed by atoms with Crippen LogP contribution in [-0.2, 0) is 4.79 Å². The molecule has 0 aromatic carbocycles. The largest absolute Gasteiger partial charge is 0.341 e. The van der Waals surface area contributed by atoms with Crippen LogP contribution in [0.2, 0.25) is 0 Å². The van der Waals surface area contributed by atoms with Crippen LogP contribution in [0.3, 0.4) is 0 Å². The number of nitrogens with two attached hydrogens (primary N) is 1. The topological polar surface area (TPSA) is 46.3 Å². The number of likely N-dealkylation sites (tertiary alicyclic amines) is 1. The van der Waals surface area contributed by atoms with Crippen LogP contribution in [-0.4, -0.2) is 29.9 Å². The van der Waals surface area contributed by atoms with Crippen LogP contribution < -0.4 is 5.73 Å². The lowest BCUT2D eigenvalue weighted by atomic mass is 9.49. The van der Waals surface area contributed by atoms with Gasteiger partial charge in [-0.1, -0.05) is 0 Å². The van der Waals surface area contributed by atoms with Crippen LogP contribution in [0.5, 0.6) is 0 Å². The molecule has 5 fully saturated rings. The minimum absolute atomic E-state index is 0. The molecule has 1 atom stereocenters. The molecule has 20 heavy (non-hydrogen) atoms. The molecule has 5 rings (SSSR count). The highest BCUT2D eigenvalue weighted by molar-refractivity contribution is 5.85. The van der Waals surface area contributed by atoms with Crippen molar-refractivity contribution >= 4 is 18.3 Å². The van der Waals surface area contributed by atoms with E-state index in [1.165, 1.54) is 38.5 Å². The number of hydrogen-bond acceptors (Lipinski definition) is 2. The van der Waals surface area contributed by atoms with Crippen molar-refractivity contribution in [1.29, 1.82) is 0 Å². The third kappa shape index (κ3) is 2.48. The van der Waals surface area contributed by atoms with E-state index in [0.717, 1.165) is 43.7 Å². The van der Waals surface area contributed by atoms with Gasteiger partial charge in [-0.15, -0.1) is 12.4 Å². The lowest BCUT2D eigenvalue weighted by molar-refractivity contribution is -0.138. The van der Waals surface area contributed by atoms with Gasteiger partial charge in [0.05, 0.1) is 0 Å². The van der Waals surface area contributed by atoms with E-state index in [4.69, 9.17) is 5.73 Å². The van der Waals surface area contributed by atoms with Gasteiger partial charge in [0.25, 0.3) is 0 Å². The first kappa shape index (κ1) is 14.6. The lowest BCUT2D eigenvalue weighted by Crippen LogP contribution is -2.48. The molecule has 1 heterocycles. The average Bonchev–Trinajstić information content (AvgIpc) is 2.73. The summed E-state index contributed by atoms with van der Waals surface area (Å²) in [5, 5.41) is 0. The van der Waals surface area contributed by atoms with Crippen molar-refractivity contribution < 1.29 is 4.79 Å². The molecule has 5 aliphatic rings. The summed E-state index contributed by atoms with van der Waals surface area (Å²) in [6.07, 6.45) is 10.2. The van der Waals surface area contributed by atoms with Crippen molar-refractivity contribution in [2.24, 2.45) is 28.9 Å². The highest BCUT2D eigenvalue weighted by Gasteiger charge is 2.51. The maximum atomic E-state index is 12.5. The second kappa shape index (κ2) is 5.17. The standard InChI is InChI=1S/C16H26N2O.ClH/c17-14-1-2-18(10-14)15(19)9-16-6-11-3-12(7-16)5-13(4-11)8-16;/h11-14H,1-10,17H2;1H. The molecular formula is C16H27ClN2O. The molecule has 4 heteroatoms. The van der Waals surface area contributed by atoms with Crippen molar-refractivity contribution in [3.05, 3.63) is 0 Å². The van der Waals surface area contributed by atoms with Crippen LogP contribution in [0.25, 0.3) is 0 Å². The maximum Gasteiger partial charge on any atom is 0.223 e. The van der Waals surface area contributed by atoms with Gasteiger partial charge in [0, 0.05) is 25.6 Å². The highest BCUT2D eigenvalue weighted by Crippen LogP contribution is 2.61. The second-order valence-electron chi connectivity index (χ2n) is 7.98. The molecule has 3 nitrogen and oxygen atoms in total. The Morgan fingerprint density at radius 1 is 1.10 bits per heavy atom. The van der Waals surface area contributed by atoms with Crippen LogP contribution in [0.1, 0.15) is 51.4 Å². The summed E-state index contributed by atoms with van der Waals surface area (Å²) in [5.41, 5.74) is 6.32. The first-order chi connectivity index (χ1) is 9.12. The predicted octanol–water partition coefficient (Wildman–Crippen LogP) is 2.57. The smallest absolute Gasteiger partial charge is 0.223 e. The molecule has 1 amide bonds. The number of nitrogens with zero attached hydrogens (tertiary/aromatic N) is 1. The van der Waals surface area contributed by atoms with Gasteiger partial charge in [0.2, 0.25) is 5.91 Å². The van der Waals surface area contributed by atoms with Gasteiger partial charge in [-0.25, -0.2) is 0 Å². The lowest BCUT2D eigenvalue weighted by Gasteiger charge is -2.56. The number of halogens is 1. The Morgan fingerprint density at radius 3 is 2.10 bits per heavy atom. The van der Waals surface area contributed by atoms with Crippen LogP contribution in [0.15, 0.2) is 0 Å². The average molecular weight is 299 g/mol. The van der Waals surface area contributed by atoms with Gasteiger partial charge in [-0.05, 0) is 68.1 Å². The number of hydrogen-bond donors (Lipinski definition) is 1. The van der Waals surface area contributed by atoms with Gasteiger partial charge in [-0.3, -0.25) is 4.79 Å². The number of carbonyl (C=O) groups is 1. The quantitative estimate of drug-likeness (QED) is 0.852. The van der Waals surface area contributed by atoms with Crippen molar-refractivity contribution in [2.45, 2.75) is 57.4 Å². The van der Waals surface area contributed by atoms with Crippen LogP contribution >= 0.6 is 12.4 Å². The van der Waals surface area contributed by atoms with E-state index in [0.29, 0.717) is 11.3 Å². The molecule has 2 N–H and O–H groups in total. The van der Waals surface area contributed by atoms with Crippen molar-refractivity contribution in [1.82, 2.24) is 4.90 Å². The molecule has 0 radical (unpaired) electrons. The molecule has 0 spiro atoms. The third-order valence-electron chi connectivity index (χ3n) is 6.27. The van der Waals surface area contributed by atoms with Crippen molar-refractivity contribution in [3.8, 4) is 0 Å². The highest BCUT2D eigenvalue weighted by atomic mass is 35.5. The van der Waals surface area contributed by atoms with Crippen LogP contribution in [0.4, 0.5) is 0 Å². The van der Waals surface area contributed by atoms with E-state index >= 15 is 0 Å². The summed E-state index contributed by atoms with van der Waals surface area (Å²) in [6.45, 7) is 1.69. The Labute approximate surface area is 128 Å². The van der Waals surface area contributed by atoms with E-state index in [1.807, 2.05) is 4.90 Å². The number of amides is 1. The summed E-state index contributed by atoms with van der Waals surface area (Å²) in [6, 6.07) is 0.223. The fourth-order valence-corrected chi connectivity index (χ4v) is 5.95. The van der Waals surface area contributed by atoms with E-state index in [2.05, 4.69) is 0 Å².